The minimum absolute atomic E-state index is 0.120. The number of carbonyl (C=O) groups is 1. The van der Waals surface area contributed by atoms with Gasteiger partial charge in [0.15, 0.2) is 0 Å². The zero-order valence-electron chi connectivity index (χ0n) is 18.7. The van der Waals surface area contributed by atoms with Crippen molar-refractivity contribution in [3.05, 3.63) is 83.4 Å². The van der Waals surface area contributed by atoms with Gasteiger partial charge in [-0.1, -0.05) is 29.8 Å². The van der Waals surface area contributed by atoms with E-state index in [1.807, 2.05) is 6.92 Å². The third kappa shape index (κ3) is 5.91. The summed E-state index contributed by atoms with van der Waals surface area (Å²) in [6, 6.07) is 17.6. The smallest absolute Gasteiger partial charge is 0.261 e. The lowest BCUT2D eigenvalue weighted by molar-refractivity contribution is 0.102. The first-order chi connectivity index (χ1) is 15.4. The average Bonchev–Trinajstić information content (AvgIpc) is 2.74. The predicted molar refractivity (Wildman–Crippen MR) is 131 cm³/mol. The molecule has 0 fully saturated rings. The van der Waals surface area contributed by atoms with Gasteiger partial charge in [0.1, 0.15) is 0 Å². The standard InChI is InChI=1S/C23H25N3O5S2/c1-16-8-12-21(13-9-16)33(30,31)25-22-14-18(11-10-17(22)2)23(27)24-19-6-5-7-20(15-19)26(3)32(4,28)29/h5-15,25H,1-4H3,(H,24,27). The Kier molecular flexibility index (Phi) is 6.80. The number of rotatable bonds is 7. The van der Waals surface area contributed by atoms with E-state index in [4.69, 9.17) is 0 Å². The monoisotopic (exact) mass is 487 g/mol. The average molecular weight is 488 g/mol. The molecule has 2 N–H and O–H groups in total. The molecule has 0 bridgehead atoms. The molecule has 33 heavy (non-hydrogen) atoms. The van der Waals surface area contributed by atoms with Gasteiger partial charge in [-0.15, -0.1) is 0 Å². The topological polar surface area (TPSA) is 113 Å². The Hall–Kier alpha value is -3.37. The van der Waals surface area contributed by atoms with Crippen molar-refractivity contribution in [2.75, 3.05) is 27.6 Å². The van der Waals surface area contributed by atoms with Crippen LogP contribution in [0.5, 0.6) is 0 Å². The van der Waals surface area contributed by atoms with E-state index in [-0.39, 0.29) is 16.1 Å². The molecule has 1 amide bonds. The Morgan fingerprint density at radius 3 is 2.18 bits per heavy atom. The third-order valence-electron chi connectivity index (χ3n) is 5.04. The molecular formula is C23H25N3O5S2. The molecule has 0 aliphatic carbocycles. The number of anilines is 3. The van der Waals surface area contributed by atoms with Crippen LogP contribution in [0, 0.1) is 13.8 Å². The molecule has 0 spiro atoms. The summed E-state index contributed by atoms with van der Waals surface area (Å²) in [6.45, 7) is 3.60. The van der Waals surface area contributed by atoms with E-state index in [9.17, 15) is 21.6 Å². The number of hydrogen-bond acceptors (Lipinski definition) is 5. The second-order valence-corrected chi connectivity index (χ2v) is 11.4. The Morgan fingerprint density at radius 1 is 0.879 bits per heavy atom. The normalized spacial score (nSPS) is 11.6. The lowest BCUT2D eigenvalue weighted by Crippen LogP contribution is -2.24. The zero-order valence-corrected chi connectivity index (χ0v) is 20.3. The highest BCUT2D eigenvalue weighted by atomic mass is 32.2. The quantitative estimate of drug-likeness (QED) is 0.527. The summed E-state index contributed by atoms with van der Waals surface area (Å²) in [5, 5.41) is 2.71. The Morgan fingerprint density at radius 2 is 1.55 bits per heavy atom. The van der Waals surface area contributed by atoms with Gasteiger partial charge in [-0.2, -0.15) is 0 Å². The molecule has 0 saturated heterocycles. The third-order valence-corrected chi connectivity index (χ3v) is 7.63. The molecule has 0 unspecified atom stereocenters. The number of amides is 1. The molecule has 10 heteroatoms. The molecule has 0 aliphatic heterocycles. The van der Waals surface area contributed by atoms with E-state index in [1.165, 1.54) is 31.3 Å². The van der Waals surface area contributed by atoms with E-state index < -0.39 is 26.0 Å². The maximum Gasteiger partial charge on any atom is 0.261 e. The number of sulfonamides is 2. The molecular weight excluding hydrogens is 462 g/mol. The SMILES string of the molecule is Cc1ccc(S(=O)(=O)Nc2cc(C(=O)Nc3cccc(N(C)S(C)(=O)=O)c3)ccc2C)cc1. The lowest BCUT2D eigenvalue weighted by atomic mass is 10.1. The maximum absolute atomic E-state index is 12.8. The highest BCUT2D eigenvalue weighted by molar-refractivity contribution is 7.92. The molecule has 0 aliphatic rings. The first-order valence-corrected chi connectivity index (χ1v) is 13.3. The van der Waals surface area contributed by atoms with Crippen LogP contribution in [0.2, 0.25) is 0 Å². The fourth-order valence-electron chi connectivity index (χ4n) is 2.97. The first-order valence-electron chi connectivity index (χ1n) is 9.92. The Bertz CT molecular complexity index is 1400. The van der Waals surface area contributed by atoms with Gasteiger partial charge in [-0.25, -0.2) is 16.8 Å². The molecule has 0 atom stereocenters. The summed E-state index contributed by atoms with van der Waals surface area (Å²) >= 11 is 0. The number of nitrogens with zero attached hydrogens (tertiary/aromatic N) is 1. The Balaban J connectivity index is 1.83. The fourth-order valence-corrected chi connectivity index (χ4v) is 4.59. The molecule has 174 valence electrons. The van der Waals surface area contributed by atoms with Gasteiger partial charge in [0.25, 0.3) is 15.9 Å². The van der Waals surface area contributed by atoms with E-state index in [0.29, 0.717) is 16.9 Å². The van der Waals surface area contributed by atoms with E-state index >= 15 is 0 Å². The van der Waals surface area contributed by atoms with Crippen LogP contribution in [0.1, 0.15) is 21.5 Å². The first kappa shape index (κ1) is 24.3. The lowest BCUT2D eigenvalue weighted by Gasteiger charge is -2.17. The maximum atomic E-state index is 12.8. The van der Waals surface area contributed by atoms with Crippen LogP contribution in [-0.4, -0.2) is 36.0 Å². The van der Waals surface area contributed by atoms with Gasteiger partial charge < -0.3 is 5.32 Å². The van der Waals surface area contributed by atoms with Crippen molar-refractivity contribution >= 4 is 43.0 Å². The summed E-state index contributed by atoms with van der Waals surface area (Å²) in [4.78, 5) is 12.9. The second kappa shape index (κ2) is 9.24. The van der Waals surface area contributed by atoms with Crippen LogP contribution >= 0.6 is 0 Å². The van der Waals surface area contributed by atoms with Gasteiger partial charge in [-0.05, 0) is 61.9 Å². The highest BCUT2D eigenvalue weighted by Gasteiger charge is 2.17. The summed E-state index contributed by atoms with van der Waals surface area (Å²) in [6.07, 6.45) is 1.09. The number of carbonyl (C=O) groups excluding carboxylic acids is 1. The molecule has 0 aromatic heterocycles. The highest BCUT2D eigenvalue weighted by Crippen LogP contribution is 2.24. The number of aryl methyl sites for hydroxylation is 2. The Labute approximate surface area is 194 Å². The molecule has 0 saturated carbocycles. The number of benzene rings is 3. The van der Waals surface area contributed by atoms with Crippen molar-refractivity contribution < 1.29 is 21.6 Å². The largest absolute Gasteiger partial charge is 0.322 e. The van der Waals surface area contributed by atoms with Gasteiger partial charge in [0.05, 0.1) is 22.5 Å². The van der Waals surface area contributed by atoms with Gasteiger partial charge in [0.2, 0.25) is 10.0 Å². The van der Waals surface area contributed by atoms with Crippen LogP contribution in [-0.2, 0) is 20.0 Å². The van der Waals surface area contributed by atoms with Crippen LogP contribution in [0.15, 0.2) is 71.6 Å². The van der Waals surface area contributed by atoms with Crippen molar-refractivity contribution in [1.29, 1.82) is 0 Å². The van der Waals surface area contributed by atoms with Gasteiger partial charge in [-0.3, -0.25) is 13.8 Å². The molecule has 8 nitrogen and oxygen atoms in total. The van der Waals surface area contributed by atoms with E-state index in [1.54, 1.807) is 49.4 Å². The summed E-state index contributed by atoms with van der Waals surface area (Å²) in [7, 11) is -5.86. The molecule has 3 aromatic rings. The number of hydrogen-bond donors (Lipinski definition) is 2. The van der Waals surface area contributed by atoms with Crippen molar-refractivity contribution in [3.63, 3.8) is 0 Å². The van der Waals surface area contributed by atoms with Gasteiger partial charge >= 0.3 is 0 Å². The number of nitrogens with one attached hydrogen (secondary N) is 2. The fraction of sp³-hybridized carbons (Fsp3) is 0.174. The van der Waals surface area contributed by atoms with Crippen molar-refractivity contribution in [1.82, 2.24) is 0 Å². The van der Waals surface area contributed by atoms with Crippen LogP contribution in [0.3, 0.4) is 0 Å². The van der Waals surface area contributed by atoms with E-state index in [0.717, 1.165) is 16.1 Å². The molecule has 0 heterocycles. The van der Waals surface area contributed by atoms with Crippen molar-refractivity contribution in [3.8, 4) is 0 Å². The van der Waals surface area contributed by atoms with Crippen molar-refractivity contribution in [2.24, 2.45) is 0 Å². The zero-order chi connectivity index (χ0) is 24.4. The minimum atomic E-state index is -3.83. The van der Waals surface area contributed by atoms with Crippen LogP contribution in [0.25, 0.3) is 0 Å². The molecule has 0 radical (unpaired) electrons. The summed E-state index contributed by atoms with van der Waals surface area (Å²) < 4.78 is 52.7. The van der Waals surface area contributed by atoms with E-state index in [2.05, 4.69) is 10.0 Å². The van der Waals surface area contributed by atoms with Crippen LogP contribution < -0.4 is 14.3 Å². The van der Waals surface area contributed by atoms with Crippen molar-refractivity contribution in [2.45, 2.75) is 18.7 Å². The molecule has 3 rings (SSSR count). The van der Waals surface area contributed by atoms with Crippen LogP contribution in [0.4, 0.5) is 17.1 Å². The second-order valence-electron chi connectivity index (χ2n) is 7.68. The minimum Gasteiger partial charge on any atom is -0.322 e. The summed E-state index contributed by atoms with van der Waals surface area (Å²) in [5.74, 6) is -0.468. The molecule has 3 aromatic carbocycles. The predicted octanol–water partition coefficient (Wildman–Crippen LogP) is 3.75. The summed E-state index contributed by atoms with van der Waals surface area (Å²) in [5.41, 5.74) is 2.91. The van der Waals surface area contributed by atoms with Gasteiger partial charge in [0, 0.05) is 18.3 Å².